The average molecular weight is 499 g/mol. The third kappa shape index (κ3) is 5.45. The molecule has 1 atom stereocenters. The molecule has 0 radical (unpaired) electrons. The van der Waals surface area contributed by atoms with Gasteiger partial charge in [0.1, 0.15) is 15.9 Å². The maximum atomic E-state index is 12.6. The fourth-order valence-corrected chi connectivity index (χ4v) is 5.33. The summed E-state index contributed by atoms with van der Waals surface area (Å²) in [6.45, 7) is 4.58. The number of fused-ring (bicyclic) bond motifs is 1. The number of thiocarbonyl (C=S) groups is 1. The Morgan fingerprint density at radius 2 is 1.88 bits per heavy atom. The van der Waals surface area contributed by atoms with Gasteiger partial charge in [0.25, 0.3) is 5.91 Å². The van der Waals surface area contributed by atoms with Gasteiger partial charge in [0, 0.05) is 11.4 Å². The molecule has 0 bridgehead atoms. The number of benzene rings is 2. The molecule has 2 aromatic carbocycles. The van der Waals surface area contributed by atoms with Crippen LogP contribution < -0.4 is 15.0 Å². The first-order valence-electron chi connectivity index (χ1n) is 10.4. The lowest BCUT2D eigenvalue weighted by molar-refractivity contribution is -0.116. The molecular weight excluding hydrogens is 476 g/mol. The zero-order valence-electron chi connectivity index (χ0n) is 18.1. The summed E-state index contributed by atoms with van der Waals surface area (Å²) in [7, 11) is 0. The highest BCUT2D eigenvalue weighted by Crippen LogP contribution is 2.36. The lowest BCUT2D eigenvalue weighted by Gasteiger charge is -2.21. The monoisotopic (exact) mass is 498 g/mol. The molecule has 170 valence electrons. The van der Waals surface area contributed by atoms with Crippen LogP contribution in [0.25, 0.3) is 0 Å². The Labute approximate surface area is 206 Å². The van der Waals surface area contributed by atoms with Crippen LogP contribution >= 0.6 is 35.7 Å². The summed E-state index contributed by atoms with van der Waals surface area (Å²) < 4.78 is 6.03. The van der Waals surface area contributed by atoms with Crippen LogP contribution in [0, 0.1) is 0 Å². The number of thioether (sulfide) groups is 2. The topological polar surface area (TPSA) is 83.4 Å². The van der Waals surface area contributed by atoms with Crippen molar-refractivity contribution in [3.8, 4) is 5.75 Å². The molecule has 1 fully saturated rings. The highest BCUT2D eigenvalue weighted by molar-refractivity contribution is 8.25. The minimum absolute atomic E-state index is 0.0870. The fraction of sp³-hybridized carbons (Fsp3) is 0.261. The van der Waals surface area contributed by atoms with Gasteiger partial charge < -0.3 is 10.1 Å². The first-order chi connectivity index (χ1) is 16.0. The molecule has 7 nitrogen and oxygen atoms in total. The number of amides is 2. The number of aliphatic imine (C=N–C) groups is 2. The van der Waals surface area contributed by atoms with Crippen molar-refractivity contribution in [2.75, 3.05) is 22.6 Å². The molecular formula is C23H22N4O3S3. The summed E-state index contributed by atoms with van der Waals surface area (Å²) in [6.07, 6.45) is 0.939. The van der Waals surface area contributed by atoms with E-state index >= 15 is 0 Å². The van der Waals surface area contributed by atoms with Gasteiger partial charge >= 0.3 is 0 Å². The Morgan fingerprint density at radius 3 is 2.55 bits per heavy atom. The maximum absolute atomic E-state index is 12.6. The molecule has 2 aromatic rings. The van der Waals surface area contributed by atoms with E-state index in [2.05, 4.69) is 22.2 Å². The number of anilines is 2. The molecule has 4 rings (SSSR count). The van der Waals surface area contributed by atoms with E-state index in [0.717, 1.165) is 35.3 Å². The number of nitrogens with zero attached hydrogens (tertiary/aromatic N) is 3. The summed E-state index contributed by atoms with van der Waals surface area (Å²) >= 11 is 7.89. The summed E-state index contributed by atoms with van der Waals surface area (Å²) in [5.74, 6) is 0.849. The molecule has 33 heavy (non-hydrogen) atoms. The van der Waals surface area contributed by atoms with Crippen molar-refractivity contribution in [1.29, 1.82) is 0 Å². The normalized spacial score (nSPS) is 17.4. The minimum Gasteiger partial charge on any atom is -0.494 e. The predicted octanol–water partition coefficient (Wildman–Crippen LogP) is 4.52. The van der Waals surface area contributed by atoms with E-state index in [9.17, 15) is 9.59 Å². The SMILES string of the molecule is CCOc1ccc(N2C(=S)SC3C(=O)N=C(SCC(=O)Nc4ccc(CC)cc4)N=C32)cc1. The highest BCUT2D eigenvalue weighted by Gasteiger charge is 2.43. The van der Waals surface area contributed by atoms with Gasteiger partial charge in [-0.3, -0.25) is 14.5 Å². The van der Waals surface area contributed by atoms with Crippen molar-refractivity contribution in [2.24, 2.45) is 9.98 Å². The van der Waals surface area contributed by atoms with Crippen molar-refractivity contribution in [1.82, 2.24) is 0 Å². The van der Waals surface area contributed by atoms with Gasteiger partial charge in [-0.2, -0.15) is 4.99 Å². The van der Waals surface area contributed by atoms with E-state index in [0.29, 0.717) is 16.8 Å². The van der Waals surface area contributed by atoms with Crippen LogP contribution in [0.5, 0.6) is 5.75 Å². The molecule has 0 saturated carbocycles. The summed E-state index contributed by atoms with van der Waals surface area (Å²) in [5, 5.41) is 2.54. The van der Waals surface area contributed by atoms with Crippen LogP contribution in [0.4, 0.5) is 11.4 Å². The lowest BCUT2D eigenvalue weighted by Crippen LogP contribution is -2.37. The standard InChI is InChI=1S/C23H22N4O3S3/c1-3-14-5-7-15(8-6-14)24-18(28)13-32-22-25-20-19(21(29)26-22)33-23(31)27(20)16-9-11-17(12-10-16)30-4-2/h5-12,19H,3-4,13H2,1-2H3,(H,24,28). The van der Waals surface area contributed by atoms with E-state index in [1.54, 1.807) is 4.90 Å². The largest absolute Gasteiger partial charge is 0.494 e. The van der Waals surface area contributed by atoms with Crippen molar-refractivity contribution >= 4 is 74.3 Å². The summed E-state index contributed by atoms with van der Waals surface area (Å²) in [5.41, 5.74) is 2.72. The Bertz CT molecular complexity index is 1130. The number of hydrogen-bond acceptors (Lipinski definition) is 7. The quantitative estimate of drug-likeness (QED) is 0.562. The van der Waals surface area contributed by atoms with Crippen molar-refractivity contribution in [3.63, 3.8) is 0 Å². The number of carbonyl (C=O) groups is 2. The van der Waals surface area contributed by atoms with Crippen LogP contribution in [-0.2, 0) is 16.0 Å². The maximum Gasteiger partial charge on any atom is 0.269 e. The van der Waals surface area contributed by atoms with Crippen molar-refractivity contribution in [2.45, 2.75) is 25.5 Å². The van der Waals surface area contributed by atoms with Crippen molar-refractivity contribution < 1.29 is 14.3 Å². The number of nitrogens with one attached hydrogen (secondary N) is 1. The second kappa shape index (κ2) is 10.5. The Hall–Kier alpha value is -2.69. The second-order valence-electron chi connectivity index (χ2n) is 7.12. The molecule has 2 heterocycles. The zero-order valence-corrected chi connectivity index (χ0v) is 20.6. The van der Waals surface area contributed by atoms with Gasteiger partial charge in [0.05, 0.1) is 12.4 Å². The van der Waals surface area contributed by atoms with Crippen LogP contribution in [0.1, 0.15) is 19.4 Å². The number of amidine groups is 2. The Morgan fingerprint density at radius 1 is 1.15 bits per heavy atom. The first-order valence-corrected chi connectivity index (χ1v) is 12.7. The Kier molecular flexibility index (Phi) is 7.46. The lowest BCUT2D eigenvalue weighted by atomic mass is 10.1. The molecule has 0 spiro atoms. The van der Waals surface area contributed by atoms with Crippen molar-refractivity contribution in [3.05, 3.63) is 54.1 Å². The number of ether oxygens (including phenoxy) is 1. The van der Waals surface area contributed by atoms with Crippen LogP contribution in [0.15, 0.2) is 58.5 Å². The number of hydrogen-bond donors (Lipinski definition) is 1. The van der Waals surface area contributed by atoms with E-state index in [-0.39, 0.29) is 22.7 Å². The molecule has 1 N–H and O–H groups in total. The van der Waals surface area contributed by atoms with Gasteiger partial charge in [-0.25, -0.2) is 4.99 Å². The van der Waals surface area contributed by atoms with Crippen LogP contribution in [-0.4, -0.2) is 44.7 Å². The predicted molar refractivity (Wildman–Crippen MR) is 141 cm³/mol. The molecule has 2 aliphatic rings. The third-order valence-corrected chi connectivity index (χ3v) is 7.24. The van der Waals surface area contributed by atoms with Crippen LogP contribution in [0.2, 0.25) is 0 Å². The van der Waals surface area contributed by atoms with Gasteiger partial charge in [0.2, 0.25) is 5.91 Å². The van der Waals surface area contributed by atoms with E-state index < -0.39 is 5.25 Å². The zero-order chi connectivity index (χ0) is 23.4. The van der Waals surface area contributed by atoms with E-state index in [1.165, 1.54) is 17.3 Å². The smallest absolute Gasteiger partial charge is 0.269 e. The first kappa shape index (κ1) is 23.5. The minimum atomic E-state index is -0.570. The molecule has 1 saturated heterocycles. The average Bonchev–Trinajstić information content (AvgIpc) is 3.15. The van der Waals surface area contributed by atoms with Gasteiger partial charge in [0.15, 0.2) is 10.4 Å². The van der Waals surface area contributed by atoms with E-state index in [1.807, 2.05) is 55.5 Å². The van der Waals surface area contributed by atoms with E-state index in [4.69, 9.17) is 17.0 Å². The summed E-state index contributed by atoms with van der Waals surface area (Å²) in [4.78, 5) is 35.4. The third-order valence-electron chi connectivity index (χ3n) is 4.89. The molecule has 2 aliphatic heterocycles. The van der Waals surface area contributed by atoms with Gasteiger partial charge in [-0.05, 0) is 55.3 Å². The van der Waals surface area contributed by atoms with Gasteiger partial charge in [-0.15, -0.1) is 0 Å². The molecule has 2 amide bonds. The Balaban J connectivity index is 1.44. The highest BCUT2D eigenvalue weighted by atomic mass is 32.2. The fourth-order valence-electron chi connectivity index (χ4n) is 3.27. The van der Waals surface area contributed by atoms with Gasteiger partial charge in [-0.1, -0.05) is 54.8 Å². The molecule has 10 heteroatoms. The number of aryl methyl sites for hydroxylation is 1. The number of rotatable bonds is 7. The number of carbonyl (C=O) groups excluding carboxylic acids is 2. The molecule has 1 unspecified atom stereocenters. The van der Waals surface area contributed by atoms with Crippen LogP contribution in [0.3, 0.4) is 0 Å². The molecule has 0 aliphatic carbocycles. The summed E-state index contributed by atoms with van der Waals surface area (Å²) in [6, 6.07) is 15.2. The molecule has 0 aromatic heterocycles. The second-order valence-corrected chi connectivity index (χ2v) is 9.80.